The van der Waals surface area contributed by atoms with Crippen molar-refractivity contribution in [2.75, 3.05) is 25.1 Å². The number of ether oxygens (including phenoxy) is 2. The van der Waals surface area contributed by atoms with Crippen LogP contribution in [0.4, 0.5) is 5.69 Å². The number of halogens is 1. The van der Waals surface area contributed by atoms with Crippen molar-refractivity contribution in [2.24, 2.45) is 0 Å². The maximum atomic E-state index is 5.34. The predicted octanol–water partition coefficient (Wildman–Crippen LogP) is 2.54. The summed E-state index contributed by atoms with van der Waals surface area (Å²) in [5.74, 6) is 0. The maximum absolute atomic E-state index is 5.34. The van der Waals surface area contributed by atoms with Crippen LogP contribution in [-0.4, -0.2) is 26.0 Å². The van der Waals surface area contributed by atoms with Gasteiger partial charge >= 0.3 is 0 Å². The van der Waals surface area contributed by atoms with Crippen molar-refractivity contribution in [1.29, 1.82) is 0 Å². The van der Waals surface area contributed by atoms with Crippen LogP contribution in [0, 0.1) is 6.92 Å². The van der Waals surface area contributed by atoms with E-state index in [2.05, 4.69) is 40.3 Å². The lowest BCUT2D eigenvalue weighted by atomic mass is 10.2. The lowest BCUT2D eigenvalue weighted by Crippen LogP contribution is -2.20. The van der Waals surface area contributed by atoms with Gasteiger partial charge in [-0.25, -0.2) is 0 Å². The Balaban J connectivity index is 1.92. The minimum absolute atomic E-state index is 0.113. The minimum atomic E-state index is -0.113. The zero-order chi connectivity index (χ0) is 10.7. The van der Waals surface area contributed by atoms with Crippen LogP contribution in [0.15, 0.2) is 22.7 Å². The third-order valence-corrected chi connectivity index (χ3v) is 2.93. The van der Waals surface area contributed by atoms with Crippen molar-refractivity contribution in [2.45, 2.75) is 13.2 Å². The van der Waals surface area contributed by atoms with E-state index < -0.39 is 0 Å². The zero-order valence-electron chi connectivity index (χ0n) is 8.63. The molecular formula is C11H14BrNO2. The smallest absolute Gasteiger partial charge is 0.174 e. The molecule has 1 N–H and O–H groups in total. The number of anilines is 1. The second-order valence-electron chi connectivity index (χ2n) is 3.54. The monoisotopic (exact) mass is 271 g/mol. The molecule has 0 amide bonds. The number of nitrogens with one attached hydrogen (secondary N) is 1. The van der Waals surface area contributed by atoms with Crippen LogP contribution in [0.3, 0.4) is 0 Å². The van der Waals surface area contributed by atoms with Gasteiger partial charge in [0, 0.05) is 10.2 Å². The summed E-state index contributed by atoms with van der Waals surface area (Å²) in [7, 11) is 0. The fourth-order valence-electron chi connectivity index (χ4n) is 1.48. The highest BCUT2D eigenvalue weighted by Crippen LogP contribution is 2.23. The van der Waals surface area contributed by atoms with Gasteiger partial charge in [0.2, 0.25) is 0 Å². The van der Waals surface area contributed by atoms with Crippen LogP contribution in [0.2, 0.25) is 0 Å². The molecule has 1 aliphatic rings. The summed E-state index contributed by atoms with van der Waals surface area (Å²) in [5, 5.41) is 3.29. The molecule has 82 valence electrons. The van der Waals surface area contributed by atoms with Crippen molar-refractivity contribution < 1.29 is 9.47 Å². The predicted molar refractivity (Wildman–Crippen MR) is 63.1 cm³/mol. The van der Waals surface area contributed by atoms with E-state index in [1.165, 1.54) is 5.56 Å². The third kappa shape index (κ3) is 2.93. The Hall–Kier alpha value is -0.580. The molecule has 1 fully saturated rings. The Labute approximate surface area is 97.9 Å². The Kier molecular flexibility index (Phi) is 3.61. The van der Waals surface area contributed by atoms with E-state index in [1.54, 1.807) is 0 Å². The lowest BCUT2D eigenvalue weighted by Gasteiger charge is -2.12. The first-order valence-corrected chi connectivity index (χ1v) is 5.78. The van der Waals surface area contributed by atoms with Gasteiger partial charge in [0.05, 0.1) is 19.8 Å². The highest BCUT2D eigenvalue weighted by atomic mass is 79.9. The van der Waals surface area contributed by atoms with Gasteiger partial charge in [-0.3, -0.25) is 0 Å². The standard InChI is InChI=1S/C11H14BrNO2/c1-8-2-3-10(9(12)6-8)13-7-11-14-4-5-15-11/h2-3,6,11,13H,4-5,7H2,1H3. The van der Waals surface area contributed by atoms with E-state index in [-0.39, 0.29) is 6.29 Å². The molecule has 1 aromatic rings. The number of hydrogen-bond acceptors (Lipinski definition) is 3. The maximum Gasteiger partial charge on any atom is 0.174 e. The molecule has 0 saturated carbocycles. The average Bonchev–Trinajstić information content (AvgIpc) is 2.69. The molecule has 0 unspecified atom stereocenters. The molecule has 0 bridgehead atoms. The van der Waals surface area contributed by atoms with Crippen LogP contribution in [-0.2, 0) is 9.47 Å². The van der Waals surface area contributed by atoms with E-state index >= 15 is 0 Å². The highest BCUT2D eigenvalue weighted by Gasteiger charge is 2.15. The van der Waals surface area contributed by atoms with Crippen LogP contribution in [0.1, 0.15) is 5.56 Å². The van der Waals surface area contributed by atoms with Crippen LogP contribution >= 0.6 is 15.9 Å². The second-order valence-corrected chi connectivity index (χ2v) is 4.39. The van der Waals surface area contributed by atoms with Gasteiger partial charge < -0.3 is 14.8 Å². The quantitative estimate of drug-likeness (QED) is 0.917. The van der Waals surface area contributed by atoms with E-state index in [0.717, 1.165) is 10.2 Å². The zero-order valence-corrected chi connectivity index (χ0v) is 10.2. The summed E-state index contributed by atoms with van der Waals surface area (Å²) in [4.78, 5) is 0. The molecule has 0 aromatic heterocycles. The summed E-state index contributed by atoms with van der Waals surface area (Å²) in [6, 6.07) is 6.20. The Morgan fingerprint density at radius 3 is 2.80 bits per heavy atom. The Bertz CT molecular complexity index is 337. The molecule has 1 saturated heterocycles. The second kappa shape index (κ2) is 4.96. The third-order valence-electron chi connectivity index (χ3n) is 2.27. The highest BCUT2D eigenvalue weighted by molar-refractivity contribution is 9.10. The van der Waals surface area contributed by atoms with Gasteiger partial charge in [-0.2, -0.15) is 0 Å². The number of benzene rings is 1. The molecule has 2 rings (SSSR count). The topological polar surface area (TPSA) is 30.5 Å². The van der Waals surface area contributed by atoms with Crippen molar-refractivity contribution in [3.05, 3.63) is 28.2 Å². The van der Waals surface area contributed by atoms with Gasteiger partial charge in [0.1, 0.15) is 0 Å². The summed E-state index contributed by atoms with van der Waals surface area (Å²) < 4.78 is 11.7. The first-order chi connectivity index (χ1) is 7.25. The van der Waals surface area contributed by atoms with Gasteiger partial charge in [-0.1, -0.05) is 6.07 Å². The van der Waals surface area contributed by atoms with E-state index in [1.807, 2.05) is 6.07 Å². The number of hydrogen-bond donors (Lipinski definition) is 1. The summed E-state index contributed by atoms with van der Waals surface area (Å²) in [6.07, 6.45) is -0.113. The summed E-state index contributed by atoms with van der Waals surface area (Å²) in [6.45, 7) is 4.14. The molecule has 0 radical (unpaired) electrons. The molecule has 1 aromatic carbocycles. The minimum Gasteiger partial charge on any atom is -0.379 e. The lowest BCUT2D eigenvalue weighted by molar-refractivity contribution is -0.0299. The molecule has 3 nitrogen and oxygen atoms in total. The fraction of sp³-hybridized carbons (Fsp3) is 0.455. The molecule has 4 heteroatoms. The first kappa shape index (κ1) is 10.9. The summed E-state index contributed by atoms with van der Waals surface area (Å²) >= 11 is 3.51. The van der Waals surface area contributed by atoms with E-state index in [4.69, 9.17) is 9.47 Å². The van der Waals surface area contributed by atoms with Gasteiger partial charge in [-0.15, -0.1) is 0 Å². The van der Waals surface area contributed by atoms with E-state index in [9.17, 15) is 0 Å². The van der Waals surface area contributed by atoms with Crippen molar-refractivity contribution >= 4 is 21.6 Å². The summed E-state index contributed by atoms with van der Waals surface area (Å²) in [5.41, 5.74) is 2.31. The molecule has 1 aliphatic heterocycles. The van der Waals surface area contributed by atoms with Gasteiger partial charge in [0.25, 0.3) is 0 Å². The SMILES string of the molecule is Cc1ccc(NCC2OCCO2)c(Br)c1. The van der Waals surface area contributed by atoms with Crippen LogP contribution in [0.5, 0.6) is 0 Å². The Morgan fingerprint density at radius 1 is 1.40 bits per heavy atom. The average molecular weight is 272 g/mol. The first-order valence-electron chi connectivity index (χ1n) is 4.99. The number of aryl methyl sites for hydroxylation is 1. The molecule has 0 aliphatic carbocycles. The fourth-order valence-corrected chi connectivity index (χ4v) is 2.12. The van der Waals surface area contributed by atoms with Gasteiger partial charge in [-0.05, 0) is 40.5 Å². The van der Waals surface area contributed by atoms with Crippen LogP contribution in [0.25, 0.3) is 0 Å². The van der Waals surface area contributed by atoms with Gasteiger partial charge in [0.15, 0.2) is 6.29 Å². The Morgan fingerprint density at radius 2 is 2.13 bits per heavy atom. The number of rotatable bonds is 3. The normalized spacial score (nSPS) is 16.9. The van der Waals surface area contributed by atoms with Crippen molar-refractivity contribution in [3.8, 4) is 0 Å². The van der Waals surface area contributed by atoms with Crippen molar-refractivity contribution in [1.82, 2.24) is 0 Å². The largest absolute Gasteiger partial charge is 0.379 e. The molecule has 1 heterocycles. The molecule has 0 atom stereocenters. The van der Waals surface area contributed by atoms with E-state index in [0.29, 0.717) is 19.8 Å². The molecular weight excluding hydrogens is 258 g/mol. The van der Waals surface area contributed by atoms with Crippen LogP contribution < -0.4 is 5.32 Å². The van der Waals surface area contributed by atoms with Crippen molar-refractivity contribution in [3.63, 3.8) is 0 Å². The molecule has 15 heavy (non-hydrogen) atoms. The molecule has 0 spiro atoms.